The summed E-state index contributed by atoms with van der Waals surface area (Å²) in [7, 11) is -1.05. The minimum Gasteiger partial charge on any atom is -0.0955 e. The highest BCUT2D eigenvalue weighted by atomic mass is 35.5. The molecule has 0 unspecified atom stereocenters. The molecule has 0 aliphatic heterocycles. The van der Waals surface area contributed by atoms with Gasteiger partial charge in [-0.3, -0.25) is 0 Å². The standard InChI is InChI=1S/C12H17ClSi/c1-10(9-14(2,3)4)11-5-7-12(13)8-6-11/h5-8H,1,9H2,2-4H3. The smallest absolute Gasteiger partial charge is 0.0487 e. The van der Waals surface area contributed by atoms with Gasteiger partial charge in [0.05, 0.1) is 0 Å². The van der Waals surface area contributed by atoms with E-state index in [-0.39, 0.29) is 0 Å². The Balaban J connectivity index is 2.76. The van der Waals surface area contributed by atoms with E-state index in [0.29, 0.717) is 0 Å². The summed E-state index contributed by atoms with van der Waals surface area (Å²) >= 11 is 5.83. The van der Waals surface area contributed by atoms with Crippen LogP contribution in [-0.2, 0) is 0 Å². The van der Waals surface area contributed by atoms with Crippen molar-refractivity contribution in [2.45, 2.75) is 25.7 Å². The van der Waals surface area contributed by atoms with E-state index in [1.165, 1.54) is 11.1 Å². The Labute approximate surface area is 92.6 Å². The molecule has 0 saturated carbocycles. The van der Waals surface area contributed by atoms with Gasteiger partial charge >= 0.3 is 0 Å². The molecule has 1 rings (SSSR count). The van der Waals surface area contributed by atoms with Crippen molar-refractivity contribution >= 4 is 25.2 Å². The SMILES string of the molecule is C=C(C[Si](C)(C)C)c1ccc(Cl)cc1. The van der Waals surface area contributed by atoms with E-state index >= 15 is 0 Å². The van der Waals surface area contributed by atoms with Gasteiger partial charge in [-0.2, -0.15) is 0 Å². The average molecular weight is 225 g/mol. The maximum Gasteiger partial charge on any atom is 0.0487 e. The van der Waals surface area contributed by atoms with Gasteiger partial charge in [-0.05, 0) is 23.7 Å². The second kappa shape index (κ2) is 4.33. The quantitative estimate of drug-likeness (QED) is 0.654. The Bertz CT molecular complexity index is 319. The van der Waals surface area contributed by atoms with Gasteiger partial charge in [0, 0.05) is 13.1 Å². The van der Waals surface area contributed by atoms with Crippen LogP contribution in [0.1, 0.15) is 5.56 Å². The summed E-state index contributed by atoms with van der Waals surface area (Å²) in [4.78, 5) is 0. The number of benzene rings is 1. The Morgan fingerprint density at radius 3 is 2.14 bits per heavy atom. The summed E-state index contributed by atoms with van der Waals surface area (Å²) in [6.45, 7) is 11.2. The fourth-order valence-electron chi connectivity index (χ4n) is 1.43. The van der Waals surface area contributed by atoms with Crippen molar-refractivity contribution in [2.24, 2.45) is 0 Å². The van der Waals surface area contributed by atoms with E-state index in [9.17, 15) is 0 Å². The summed E-state index contributed by atoms with van der Waals surface area (Å²) in [6, 6.07) is 9.09. The fourth-order valence-corrected chi connectivity index (χ4v) is 3.04. The van der Waals surface area contributed by atoms with Crippen LogP contribution in [0, 0.1) is 0 Å². The summed E-state index contributed by atoms with van der Waals surface area (Å²) in [6.07, 6.45) is 0. The molecule has 0 aromatic heterocycles. The average Bonchev–Trinajstić information content (AvgIpc) is 2.02. The molecule has 0 aliphatic rings. The van der Waals surface area contributed by atoms with E-state index in [1.54, 1.807) is 0 Å². The zero-order chi connectivity index (χ0) is 10.8. The molecule has 1 aromatic rings. The van der Waals surface area contributed by atoms with Crippen LogP contribution in [0.4, 0.5) is 0 Å². The minimum absolute atomic E-state index is 0.787. The maximum absolute atomic E-state index is 5.83. The summed E-state index contributed by atoms with van der Waals surface area (Å²) in [5, 5.41) is 0.787. The summed E-state index contributed by atoms with van der Waals surface area (Å²) in [5.41, 5.74) is 2.46. The van der Waals surface area contributed by atoms with E-state index in [0.717, 1.165) is 11.1 Å². The molecule has 0 fully saturated rings. The van der Waals surface area contributed by atoms with Gasteiger partial charge in [0.15, 0.2) is 0 Å². The van der Waals surface area contributed by atoms with Crippen LogP contribution in [0.5, 0.6) is 0 Å². The first-order valence-corrected chi connectivity index (χ1v) is 8.91. The normalized spacial score (nSPS) is 11.4. The maximum atomic E-state index is 5.83. The molecule has 0 N–H and O–H groups in total. The van der Waals surface area contributed by atoms with Gasteiger partial charge in [-0.25, -0.2) is 0 Å². The molecule has 0 bridgehead atoms. The zero-order valence-electron chi connectivity index (χ0n) is 9.10. The minimum atomic E-state index is -1.05. The molecule has 0 nitrogen and oxygen atoms in total. The molecule has 0 radical (unpaired) electrons. The van der Waals surface area contributed by atoms with E-state index < -0.39 is 8.07 Å². The summed E-state index contributed by atoms with van der Waals surface area (Å²) < 4.78 is 0. The highest BCUT2D eigenvalue weighted by Gasteiger charge is 2.15. The van der Waals surface area contributed by atoms with Crippen LogP contribution in [-0.4, -0.2) is 8.07 Å². The molecule has 0 spiro atoms. The molecule has 0 saturated heterocycles. The van der Waals surface area contributed by atoms with Gasteiger partial charge in [0.2, 0.25) is 0 Å². The highest BCUT2D eigenvalue weighted by molar-refractivity contribution is 6.77. The Kier molecular flexibility index (Phi) is 3.57. The van der Waals surface area contributed by atoms with Crippen molar-refractivity contribution in [3.63, 3.8) is 0 Å². The van der Waals surface area contributed by atoms with E-state index in [1.807, 2.05) is 24.3 Å². The fraction of sp³-hybridized carbons (Fsp3) is 0.333. The molecule has 1 aromatic carbocycles. The van der Waals surface area contributed by atoms with Gasteiger partial charge in [0.1, 0.15) is 0 Å². The number of halogens is 1. The Morgan fingerprint density at radius 1 is 1.21 bits per heavy atom. The lowest BCUT2D eigenvalue weighted by atomic mass is 10.1. The molecule has 0 aliphatic carbocycles. The molecule has 76 valence electrons. The molecular formula is C12H17ClSi. The van der Waals surface area contributed by atoms with Gasteiger partial charge in [-0.15, -0.1) is 0 Å². The third kappa shape index (κ3) is 3.68. The van der Waals surface area contributed by atoms with Crippen LogP contribution in [0.25, 0.3) is 5.57 Å². The molecule has 0 heterocycles. The molecular weight excluding hydrogens is 208 g/mol. The molecule has 0 atom stereocenters. The first kappa shape index (κ1) is 11.5. The Hall–Kier alpha value is -0.533. The Morgan fingerprint density at radius 2 is 1.71 bits per heavy atom. The lowest BCUT2D eigenvalue weighted by Crippen LogP contribution is -2.19. The molecule has 0 amide bonds. The first-order valence-electron chi connectivity index (χ1n) is 4.82. The third-order valence-corrected chi connectivity index (χ3v) is 3.74. The van der Waals surface area contributed by atoms with Crippen molar-refractivity contribution in [3.8, 4) is 0 Å². The van der Waals surface area contributed by atoms with Crippen molar-refractivity contribution in [3.05, 3.63) is 41.4 Å². The monoisotopic (exact) mass is 224 g/mol. The molecule has 14 heavy (non-hydrogen) atoms. The van der Waals surface area contributed by atoms with Crippen LogP contribution >= 0.6 is 11.6 Å². The second-order valence-corrected chi connectivity index (χ2v) is 10.8. The highest BCUT2D eigenvalue weighted by Crippen LogP contribution is 2.24. The van der Waals surface area contributed by atoms with Crippen LogP contribution < -0.4 is 0 Å². The van der Waals surface area contributed by atoms with Crippen LogP contribution in [0.15, 0.2) is 30.8 Å². The lowest BCUT2D eigenvalue weighted by molar-refractivity contribution is 1.49. The first-order chi connectivity index (χ1) is 6.38. The number of hydrogen-bond donors (Lipinski definition) is 0. The van der Waals surface area contributed by atoms with Crippen molar-refractivity contribution in [2.75, 3.05) is 0 Å². The van der Waals surface area contributed by atoms with Crippen molar-refractivity contribution in [1.29, 1.82) is 0 Å². The third-order valence-electron chi connectivity index (χ3n) is 2.00. The predicted molar refractivity (Wildman–Crippen MR) is 68.6 cm³/mol. The predicted octanol–water partition coefficient (Wildman–Crippen LogP) is 4.69. The lowest BCUT2D eigenvalue weighted by Gasteiger charge is -2.17. The number of allylic oxidation sites excluding steroid dienone is 1. The number of hydrogen-bond acceptors (Lipinski definition) is 0. The second-order valence-electron chi connectivity index (χ2n) is 4.85. The number of rotatable bonds is 3. The van der Waals surface area contributed by atoms with Crippen molar-refractivity contribution in [1.82, 2.24) is 0 Å². The van der Waals surface area contributed by atoms with E-state index in [4.69, 9.17) is 11.6 Å². The van der Waals surface area contributed by atoms with Gasteiger partial charge in [-0.1, -0.05) is 55.5 Å². The van der Waals surface area contributed by atoms with Gasteiger partial charge in [0.25, 0.3) is 0 Å². The molecule has 2 heteroatoms. The summed E-state index contributed by atoms with van der Waals surface area (Å²) in [5.74, 6) is 0. The van der Waals surface area contributed by atoms with Gasteiger partial charge < -0.3 is 0 Å². The largest absolute Gasteiger partial charge is 0.0955 e. The van der Waals surface area contributed by atoms with E-state index in [2.05, 4.69) is 26.2 Å². The van der Waals surface area contributed by atoms with Crippen LogP contribution in [0.3, 0.4) is 0 Å². The topological polar surface area (TPSA) is 0 Å². The van der Waals surface area contributed by atoms with Crippen molar-refractivity contribution < 1.29 is 0 Å². The zero-order valence-corrected chi connectivity index (χ0v) is 10.9. The van der Waals surface area contributed by atoms with Crippen LogP contribution in [0.2, 0.25) is 30.7 Å².